The quantitative estimate of drug-likeness (QED) is 0.360. The summed E-state index contributed by atoms with van der Waals surface area (Å²) in [7, 11) is 0. The average Bonchev–Trinajstić information content (AvgIpc) is 3.05. The van der Waals surface area contributed by atoms with Gasteiger partial charge in [0, 0.05) is 19.2 Å². The van der Waals surface area contributed by atoms with Gasteiger partial charge in [0.1, 0.15) is 0 Å². The van der Waals surface area contributed by atoms with Crippen molar-refractivity contribution < 1.29 is 9.53 Å². The predicted molar refractivity (Wildman–Crippen MR) is 92.8 cm³/mol. The largest absolute Gasteiger partial charge is 0.367 e. The molecule has 0 aromatic heterocycles. The fraction of sp³-hybridized carbons (Fsp3) is 0.737. The molecule has 1 aliphatic heterocycles. The molecule has 1 heterocycles. The first kappa shape index (κ1) is 19.0. The normalized spacial score (nSPS) is 21.9. The molecule has 2 unspecified atom stereocenters. The smallest absolute Gasteiger partial charge is 0.246 e. The summed E-state index contributed by atoms with van der Waals surface area (Å²) in [6.07, 6.45) is 9.83. The van der Waals surface area contributed by atoms with Crippen LogP contribution in [0, 0.1) is 5.92 Å². The summed E-state index contributed by atoms with van der Waals surface area (Å²) >= 11 is 0. The van der Waals surface area contributed by atoms with Gasteiger partial charge in [0.2, 0.25) is 5.91 Å². The van der Waals surface area contributed by atoms with Crippen LogP contribution in [0.5, 0.6) is 0 Å². The van der Waals surface area contributed by atoms with Crippen molar-refractivity contribution in [3.63, 3.8) is 0 Å². The van der Waals surface area contributed by atoms with Crippen molar-refractivity contribution in [2.24, 2.45) is 5.92 Å². The van der Waals surface area contributed by atoms with Gasteiger partial charge in [-0.2, -0.15) is 0 Å². The molecule has 0 bridgehead atoms. The minimum absolute atomic E-state index is 0.105. The molecule has 0 N–H and O–H groups in total. The van der Waals surface area contributed by atoms with Crippen LogP contribution in [-0.4, -0.2) is 35.6 Å². The lowest BCUT2D eigenvalue weighted by atomic mass is 9.97. The maximum Gasteiger partial charge on any atom is 0.246 e. The van der Waals surface area contributed by atoms with Crippen molar-refractivity contribution in [3.05, 3.63) is 23.8 Å². The number of likely N-dealkylation sites (N-methyl/N-ethyl adjacent to an activating group) is 1. The number of nitrogens with zero attached hydrogens (tertiary/aromatic N) is 1. The van der Waals surface area contributed by atoms with Gasteiger partial charge >= 0.3 is 0 Å². The Morgan fingerprint density at radius 1 is 1.32 bits per heavy atom. The molecule has 0 aliphatic carbocycles. The third kappa shape index (κ3) is 6.35. The number of carbonyl (C=O) groups excluding carboxylic acids is 1. The van der Waals surface area contributed by atoms with Crippen molar-refractivity contribution in [1.82, 2.24) is 4.90 Å². The molecule has 1 fully saturated rings. The van der Waals surface area contributed by atoms with Crippen LogP contribution in [0.1, 0.15) is 60.8 Å². The van der Waals surface area contributed by atoms with Gasteiger partial charge in [-0.1, -0.05) is 19.1 Å². The van der Waals surface area contributed by atoms with Crippen molar-refractivity contribution >= 4 is 5.91 Å². The molecule has 0 saturated carbocycles. The van der Waals surface area contributed by atoms with Gasteiger partial charge in [0.15, 0.2) is 0 Å². The van der Waals surface area contributed by atoms with Gasteiger partial charge in [0.25, 0.3) is 0 Å². The van der Waals surface area contributed by atoms with Gasteiger partial charge < -0.3 is 9.64 Å². The van der Waals surface area contributed by atoms with E-state index in [9.17, 15) is 4.79 Å². The van der Waals surface area contributed by atoms with E-state index in [2.05, 4.69) is 32.9 Å². The van der Waals surface area contributed by atoms with Crippen molar-refractivity contribution in [2.45, 2.75) is 72.5 Å². The third-order valence-corrected chi connectivity index (χ3v) is 4.43. The Labute approximate surface area is 136 Å². The Balaban J connectivity index is 2.30. The van der Waals surface area contributed by atoms with Crippen LogP contribution in [0.15, 0.2) is 23.8 Å². The van der Waals surface area contributed by atoms with Crippen LogP contribution in [0.4, 0.5) is 0 Å². The zero-order valence-electron chi connectivity index (χ0n) is 15.2. The van der Waals surface area contributed by atoms with E-state index in [-0.39, 0.29) is 11.5 Å². The van der Waals surface area contributed by atoms with Gasteiger partial charge in [-0.15, -0.1) is 0 Å². The molecule has 3 nitrogen and oxygen atoms in total. The molecule has 0 aromatic carbocycles. The van der Waals surface area contributed by atoms with Crippen LogP contribution >= 0.6 is 0 Å². The number of rotatable bonds is 9. The summed E-state index contributed by atoms with van der Waals surface area (Å²) in [4.78, 5) is 13.8. The van der Waals surface area contributed by atoms with Crippen LogP contribution in [-0.2, 0) is 9.53 Å². The van der Waals surface area contributed by atoms with E-state index >= 15 is 0 Å². The first-order valence-corrected chi connectivity index (χ1v) is 8.61. The summed E-state index contributed by atoms with van der Waals surface area (Å²) in [5.41, 5.74) is 1.13. The average molecular weight is 307 g/mol. The van der Waals surface area contributed by atoms with E-state index in [4.69, 9.17) is 4.74 Å². The second kappa shape index (κ2) is 8.52. The van der Waals surface area contributed by atoms with Crippen molar-refractivity contribution in [1.29, 1.82) is 0 Å². The summed E-state index contributed by atoms with van der Waals surface area (Å²) < 4.78 is 5.62. The minimum Gasteiger partial charge on any atom is -0.367 e. The fourth-order valence-electron chi connectivity index (χ4n) is 2.65. The molecule has 0 spiro atoms. The van der Waals surface area contributed by atoms with Gasteiger partial charge in [0.05, 0.1) is 11.7 Å². The molecule has 126 valence electrons. The first-order valence-electron chi connectivity index (χ1n) is 8.61. The van der Waals surface area contributed by atoms with E-state index in [0.29, 0.717) is 12.0 Å². The lowest BCUT2D eigenvalue weighted by molar-refractivity contribution is -0.125. The number of amides is 1. The Kier molecular flexibility index (Phi) is 7.34. The maximum atomic E-state index is 12.0. The zero-order chi connectivity index (χ0) is 16.8. The first-order chi connectivity index (χ1) is 10.3. The lowest BCUT2D eigenvalue weighted by Crippen LogP contribution is -2.28. The fourth-order valence-corrected chi connectivity index (χ4v) is 2.65. The van der Waals surface area contributed by atoms with E-state index < -0.39 is 0 Å². The number of hydrogen-bond donors (Lipinski definition) is 0. The highest BCUT2D eigenvalue weighted by Crippen LogP contribution is 2.39. The molecule has 0 radical (unpaired) electrons. The van der Waals surface area contributed by atoms with Crippen LogP contribution in [0.2, 0.25) is 0 Å². The van der Waals surface area contributed by atoms with E-state index in [1.54, 1.807) is 6.08 Å². The number of hydrogen-bond acceptors (Lipinski definition) is 2. The highest BCUT2D eigenvalue weighted by Gasteiger charge is 2.46. The highest BCUT2D eigenvalue weighted by molar-refractivity contribution is 5.88. The Morgan fingerprint density at radius 2 is 1.91 bits per heavy atom. The Hall–Kier alpha value is -1.09. The predicted octanol–water partition coefficient (Wildman–Crippen LogP) is 4.34. The third-order valence-electron chi connectivity index (χ3n) is 4.43. The van der Waals surface area contributed by atoms with Gasteiger partial charge in [-0.3, -0.25) is 4.79 Å². The van der Waals surface area contributed by atoms with Crippen molar-refractivity contribution in [2.75, 3.05) is 13.1 Å². The molecule has 0 aromatic rings. The molecule has 1 amide bonds. The van der Waals surface area contributed by atoms with E-state index in [1.807, 2.05) is 25.7 Å². The summed E-state index contributed by atoms with van der Waals surface area (Å²) in [6, 6.07) is 0. The number of epoxide rings is 1. The molecule has 3 heteroatoms. The number of ether oxygens (including phenoxy) is 1. The molecular formula is C19H33NO2. The monoisotopic (exact) mass is 307 g/mol. The Morgan fingerprint density at radius 3 is 2.41 bits per heavy atom. The van der Waals surface area contributed by atoms with Crippen LogP contribution < -0.4 is 0 Å². The zero-order valence-corrected chi connectivity index (χ0v) is 15.2. The second-order valence-electron chi connectivity index (χ2n) is 6.93. The molecule has 1 rings (SSSR count). The molecule has 1 saturated heterocycles. The number of allylic oxidation sites excluding steroid dienone is 3. The molecule has 1 aliphatic rings. The highest BCUT2D eigenvalue weighted by atomic mass is 16.6. The van der Waals surface area contributed by atoms with E-state index in [0.717, 1.165) is 31.5 Å². The minimum atomic E-state index is 0.105. The number of carbonyl (C=O) groups is 1. The standard InChI is InChI=1S/C19H33NO2/c1-7-20(8-2)18(21)14-16(4)11-9-10-15(3)12-13-17-19(5,6)22-17/h9,11,14-15,17H,7-8,10,12-13H2,1-6H3/b11-9+,16-14+. The maximum absolute atomic E-state index is 12.0. The topological polar surface area (TPSA) is 32.8 Å². The summed E-state index contributed by atoms with van der Waals surface area (Å²) in [5, 5.41) is 0. The Bertz CT molecular complexity index is 419. The van der Waals surface area contributed by atoms with Crippen LogP contribution in [0.3, 0.4) is 0 Å². The summed E-state index contributed by atoms with van der Waals surface area (Å²) in [6.45, 7) is 14.1. The van der Waals surface area contributed by atoms with Crippen LogP contribution in [0.25, 0.3) is 0 Å². The molecule has 22 heavy (non-hydrogen) atoms. The lowest BCUT2D eigenvalue weighted by Gasteiger charge is -2.16. The molecule has 2 atom stereocenters. The van der Waals surface area contributed by atoms with E-state index in [1.165, 1.54) is 6.42 Å². The summed E-state index contributed by atoms with van der Waals surface area (Å²) in [5.74, 6) is 0.760. The van der Waals surface area contributed by atoms with Crippen molar-refractivity contribution in [3.8, 4) is 0 Å². The second-order valence-corrected chi connectivity index (χ2v) is 6.93. The SMILES string of the molecule is CCN(CC)C(=O)/C=C(C)/C=C/CC(C)CCC1OC1(C)C. The van der Waals surface area contributed by atoms with Gasteiger partial charge in [-0.05, 0) is 65.4 Å². The molecular weight excluding hydrogens is 274 g/mol. The van der Waals surface area contributed by atoms with Gasteiger partial charge in [-0.25, -0.2) is 0 Å².